The molecule has 0 amide bonds. The van der Waals surface area contributed by atoms with E-state index in [1.165, 1.54) is 5.56 Å². The molecule has 3 rings (SSSR count). The van der Waals surface area contributed by atoms with Crippen LogP contribution in [0.4, 0.5) is 5.69 Å². The van der Waals surface area contributed by atoms with Gasteiger partial charge in [-0.25, -0.2) is 4.68 Å². The van der Waals surface area contributed by atoms with Crippen LogP contribution >= 0.6 is 0 Å². The molecule has 0 fully saturated rings. The number of rotatable bonds is 2. The van der Waals surface area contributed by atoms with Crippen LogP contribution in [0.3, 0.4) is 0 Å². The fourth-order valence-electron chi connectivity index (χ4n) is 2.12. The van der Waals surface area contributed by atoms with Gasteiger partial charge in [0.05, 0.1) is 11.2 Å². The highest BCUT2D eigenvalue weighted by Gasteiger charge is 2.06. The van der Waals surface area contributed by atoms with Gasteiger partial charge in [0.25, 0.3) is 0 Å². The van der Waals surface area contributed by atoms with E-state index in [1.54, 1.807) is 0 Å². The lowest BCUT2D eigenvalue weighted by molar-refractivity contribution is 0.823. The van der Waals surface area contributed by atoms with Crippen molar-refractivity contribution < 1.29 is 0 Å². The van der Waals surface area contributed by atoms with E-state index in [0.717, 1.165) is 22.4 Å². The minimum absolute atomic E-state index is 0.910. The smallest absolute Gasteiger partial charge is 0.113 e. The van der Waals surface area contributed by atoms with Crippen LogP contribution in [0.2, 0.25) is 0 Å². The zero-order valence-corrected chi connectivity index (χ0v) is 10.4. The Morgan fingerprint density at radius 1 is 1.11 bits per heavy atom. The summed E-state index contributed by atoms with van der Waals surface area (Å²) in [4.78, 5) is 0. The Balaban J connectivity index is 2.17. The van der Waals surface area contributed by atoms with Gasteiger partial charge in [-0.3, -0.25) is 0 Å². The van der Waals surface area contributed by atoms with E-state index < -0.39 is 0 Å². The van der Waals surface area contributed by atoms with Crippen molar-refractivity contribution in [3.05, 3.63) is 48.0 Å². The average Bonchev–Trinajstić information content (AvgIpc) is 2.82. The maximum atomic E-state index is 4.21. The Morgan fingerprint density at radius 2 is 1.94 bits per heavy atom. The third kappa shape index (κ3) is 1.62. The van der Waals surface area contributed by atoms with Crippen molar-refractivity contribution in [2.24, 2.45) is 0 Å². The van der Waals surface area contributed by atoms with Crippen LogP contribution in [0.5, 0.6) is 0 Å². The van der Waals surface area contributed by atoms with Gasteiger partial charge in [-0.15, -0.1) is 5.10 Å². The lowest BCUT2D eigenvalue weighted by Gasteiger charge is -2.08. The molecule has 3 aromatic rings. The lowest BCUT2D eigenvalue weighted by Crippen LogP contribution is -1.99. The van der Waals surface area contributed by atoms with E-state index in [-0.39, 0.29) is 0 Å². The maximum Gasteiger partial charge on any atom is 0.113 e. The van der Waals surface area contributed by atoms with Gasteiger partial charge in [-0.1, -0.05) is 17.3 Å². The fourth-order valence-corrected chi connectivity index (χ4v) is 2.12. The summed E-state index contributed by atoms with van der Waals surface area (Å²) in [6.45, 7) is 2.08. The predicted octanol–water partition coefficient (Wildman–Crippen LogP) is 2.77. The Labute approximate surface area is 105 Å². The second kappa shape index (κ2) is 4.14. The molecule has 0 aliphatic heterocycles. The van der Waals surface area contributed by atoms with Crippen molar-refractivity contribution in [2.45, 2.75) is 6.92 Å². The normalized spacial score (nSPS) is 10.8. The van der Waals surface area contributed by atoms with Crippen molar-refractivity contribution in [3.63, 3.8) is 0 Å². The number of hydrogen-bond acceptors (Lipinski definition) is 3. The number of aromatic nitrogens is 3. The van der Waals surface area contributed by atoms with Crippen LogP contribution in [0.1, 0.15) is 5.56 Å². The Kier molecular flexibility index (Phi) is 2.48. The average molecular weight is 238 g/mol. The monoisotopic (exact) mass is 238 g/mol. The van der Waals surface area contributed by atoms with Crippen molar-refractivity contribution in [3.8, 4) is 5.69 Å². The van der Waals surface area contributed by atoms with Gasteiger partial charge in [-0.05, 0) is 42.8 Å². The van der Waals surface area contributed by atoms with Gasteiger partial charge in [0, 0.05) is 12.7 Å². The van der Waals surface area contributed by atoms with Gasteiger partial charge in [-0.2, -0.15) is 0 Å². The van der Waals surface area contributed by atoms with Gasteiger partial charge >= 0.3 is 0 Å². The molecule has 0 atom stereocenters. The summed E-state index contributed by atoms with van der Waals surface area (Å²) < 4.78 is 1.86. The van der Waals surface area contributed by atoms with Crippen molar-refractivity contribution >= 4 is 16.7 Å². The second-order valence-electron chi connectivity index (χ2n) is 4.24. The lowest BCUT2D eigenvalue weighted by atomic mass is 10.2. The number of aryl methyl sites for hydroxylation is 1. The number of hydrogen-bond donors (Lipinski definition) is 1. The minimum Gasteiger partial charge on any atom is -0.388 e. The first-order chi connectivity index (χ1) is 8.79. The molecule has 0 aliphatic carbocycles. The minimum atomic E-state index is 0.910. The molecule has 0 saturated heterocycles. The largest absolute Gasteiger partial charge is 0.388 e. The van der Waals surface area contributed by atoms with E-state index in [4.69, 9.17) is 0 Å². The second-order valence-corrected chi connectivity index (χ2v) is 4.24. The Hall–Kier alpha value is -2.36. The van der Waals surface area contributed by atoms with E-state index in [9.17, 15) is 0 Å². The molecule has 4 nitrogen and oxygen atoms in total. The van der Waals surface area contributed by atoms with Crippen LogP contribution in [0, 0.1) is 6.92 Å². The topological polar surface area (TPSA) is 42.7 Å². The van der Waals surface area contributed by atoms with Crippen molar-refractivity contribution in [1.82, 2.24) is 15.0 Å². The quantitative estimate of drug-likeness (QED) is 0.746. The first kappa shape index (κ1) is 10.8. The molecule has 1 heterocycles. The number of para-hydroxylation sites is 1. The van der Waals surface area contributed by atoms with Crippen molar-refractivity contribution in [2.75, 3.05) is 12.4 Å². The number of anilines is 1. The van der Waals surface area contributed by atoms with E-state index in [2.05, 4.69) is 34.7 Å². The molecule has 0 saturated carbocycles. The van der Waals surface area contributed by atoms with Crippen LogP contribution < -0.4 is 5.32 Å². The highest BCUT2D eigenvalue weighted by molar-refractivity contribution is 5.76. The number of nitrogens with one attached hydrogen (secondary N) is 1. The molecule has 18 heavy (non-hydrogen) atoms. The molecular weight excluding hydrogens is 224 g/mol. The molecule has 0 unspecified atom stereocenters. The summed E-state index contributed by atoms with van der Waals surface area (Å²) in [7, 11) is 1.92. The van der Waals surface area contributed by atoms with E-state index in [0.29, 0.717) is 0 Å². The fraction of sp³-hybridized carbons (Fsp3) is 0.143. The SMILES string of the molecule is CNc1ccc(-n2nnc3ccccc32)cc1C. The molecular formula is C14H14N4. The first-order valence-electron chi connectivity index (χ1n) is 5.89. The molecule has 2 aromatic carbocycles. The van der Waals surface area contributed by atoms with Crippen LogP contribution in [-0.2, 0) is 0 Å². The molecule has 90 valence electrons. The molecule has 0 aliphatic rings. The summed E-state index contributed by atoms with van der Waals surface area (Å²) in [6, 6.07) is 14.2. The van der Waals surface area contributed by atoms with Gasteiger partial charge in [0.1, 0.15) is 5.52 Å². The zero-order valence-electron chi connectivity index (χ0n) is 10.4. The van der Waals surface area contributed by atoms with Gasteiger partial charge in [0.2, 0.25) is 0 Å². The summed E-state index contributed by atoms with van der Waals surface area (Å²) in [5.74, 6) is 0. The summed E-state index contributed by atoms with van der Waals surface area (Å²) >= 11 is 0. The van der Waals surface area contributed by atoms with Crippen LogP contribution in [-0.4, -0.2) is 22.0 Å². The standard InChI is InChI=1S/C14H14N4/c1-10-9-11(7-8-12(10)15-2)18-14-6-4-3-5-13(14)16-17-18/h3-9,15H,1-2H3. The molecule has 1 N–H and O–H groups in total. The van der Waals surface area contributed by atoms with Gasteiger partial charge in [0.15, 0.2) is 0 Å². The number of nitrogens with zero attached hydrogens (tertiary/aromatic N) is 3. The van der Waals surface area contributed by atoms with E-state index in [1.807, 2.05) is 42.1 Å². The predicted molar refractivity (Wildman–Crippen MR) is 73.1 cm³/mol. The van der Waals surface area contributed by atoms with Crippen LogP contribution in [0.15, 0.2) is 42.5 Å². The molecule has 0 radical (unpaired) electrons. The highest BCUT2D eigenvalue weighted by Crippen LogP contribution is 2.21. The Bertz CT molecular complexity index is 700. The van der Waals surface area contributed by atoms with Crippen LogP contribution in [0.25, 0.3) is 16.7 Å². The molecule has 0 bridgehead atoms. The number of benzene rings is 2. The summed E-state index contributed by atoms with van der Waals surface area (Å²) in [6.07, 6.45) is 0. The molecule has 1 aromatic heterocycles. The zero-order chi connectivity index (χ0) is 12.5. The third-order valence-corrected chi connectivity index (χ3v) is 3.08. The maximum absolute atomic E-state index is 4.21. The third-order valence-electron chi connectivity index (χ3n) is 3.08. The molecule has 4 heteroatoms. The van der Waals surface area contributed by atoms with Crippen molar-refractivity contribution in [1.29, 1.82) is 0 Å². The first-order valence-corrected chi connectivity index (χ1v) is 5.89. The Morgan fingerprint density at radius 3 is 2.72 bits per heavy atom. The summed E-state index contributed by atoms with van der Waals surface area (Å²) in [5.41, 5.74) is 5.28. The number of fused-ring (bicyclic) bond motifs is 1. The van der Waals surface area contributed by atoms with E-state index >= 15 is 0 Å². The highest BCUT2D eigenvalue weighted by atomic mass is 15.4. The summed E-state index contributed by atoms with van der Waals surface area (Å²) in [5, 5.41) is 11.5. The van der Waals surface area contributed by atoms with Gasteiger partial charge < -0.3 is 5.32 Å². The molecule has 0 spiro atoms.